The summed E-state index contributed by atoms with van der Waals surface area (Å²) < 4.78 is 10.5. The molecule has 0 saturated carbocycles. The highest BCUT2D eigenvalue weighted by molar-refractivity contribution is 7.14. The van der Waals surface area contributed by atoms with Crippen LogP contribution in [0.1, 0.15) is 10.4 Å². The number of methoxy groups -OCH3 is 2. The Morgan fingerprint density at radius 1 is 0.949 bits per heavy atom. The molecule has 1 aliphatic heterocycles. The summed E-state index contributed by atoms with van der Waals surface area (Å²) in [5, 5.41) is 7.77. The van der Waals surface area contributed by atoms with Crippen LogP contribution in [0.4, 0.5) is 16.5 Å². The molecule has 39 heavy (non-hydrogen) atoms. The molecule has 0 fully saturated rings. The van der Waals surface area contributed by atoms with Gasteiger partial charge in [-0.1, -0.05) is 41.9 Å². The van der Waals surface area contributed by atoms with Crippen LogP contribution in [-0.4, -0.2) is 36.9 Å². The molecule has 2 N–H and O–H groups in total. The number of halogens is 1. The summed E-state index contributed by atoms with van der Waals surface area (Å²) in [6.45, 7) is 0. The Morgan fingerprint density at radius 2 is 1.69 bits per heavy atom. The fraction of sp³-hybridized carbons (Fsp3) is 0.0714. The largest absolute Gasteiger partial charge is 0.497 e. The molecule has 1 aromatic heterocycles. The Morgan fingerprint density at radius 3 is 2.38 bits per heavy atom. The molecule has 0 radical (unpaired) electrons. The van der Waals surface area contributed by atoms with Gasteiger partial charge in [0.1, 0.15) is 22.2 Å². The van der Waals surface area contributed by atoms with Crippen LogP contribution in [-0.2, 0) is 9.59 Å². The van der Waals surface area contributed by atoms with Gasteiger partial charge in [-0.3, -0.25) is 19.7 Å². The van der Waals surface area contributed by atoms with Crippen molar-refractivity contribution in [1.82, 2.24) is 4.98 Å². The van der Waals surface area contributed by atoms with E-state index >= 15 is 0 Å². The minimum absolute atomic E-state index is 0.0973. The van der Waals surface area contributed by atoms with E-state index in [0.717, 1.165) is 16.2 Å². The summed E-state index contributed by atoms with van der Waals surface area (Å²) in [6, 6.07) is 20.8. The number of carbonyl (C=O) groups is 3. The Labute approximate surface area is 232 Å². The number of carbonyl (C=O) groups excluding carboxylic acids is 3. The van der Waals surface area contributed by atoms with E-state index in [4.69, 9.17) is 21.1 Å². The third-order valence-electron chi connectivity index (χ3n) is 5.86. The summed E-state index contributed by atoms with van der Waals surface area (Å²) in [7, 11) is 2.90. The molecule has 0 atom stereocenters. The first kappa shape index (κ1) is 26.0. The maximum atomic E-state index is 13.2. The fourth-order valence-corrected chi connectivity index (χ4v) is 4.82. The van der Waals surface area contributed by atoms with Crippen molar-refractivity contribution in [3.05, 3.63) is 94.5 Å². The molecule has 2 heterocycles. The van der Waals surface area contributed by atoms with E-state index in [9.17, 15) is 14.4 Å². The predicted octanol–water partition coefficient (Wildman–Crippen LogP) is 5.52. The average molecular weight is 561 g/mol. The van der Waals surface area contributed by atoms with Gasteiger partial charge in [-0.15, -0.1) is 11.3 Å². The second kappa shape index (κ2) is 11.0. The first-order valence-corrected chi connectivity index (χ1v) is 12.9. The van der Waals surface area contributed by atoms with Crippen molar-refractivity contribution in [1.29, 1.82) is 0 Å². The van der Waals surface area contributed by atoms with Gasteiger partial charge < -0.3 is 14.8 Å². The second-order valence-corrected chi connectivity index (χ2v) is 9.47. The van der Waals surface area contributed by atoms with Crippen molar-refractivity contribution >= 4 is 57.2 Å². The summed E-state index contributed by atoms with van der Waals surface area (Å²) in [6.07, 6.45) is 0. The van der Waals surface area contributed by atoms with Crippen molar-refractivity contribution in [3.8, 4) is 22.8 Å². The van der Waals surface area contributed by atoms with Crippen LogP contribution in [0.25, 0.3) is 11.3 Å². The highest BCUT2D eigenvalue weighted by Crippen LogP contribution is 2.38. The molecule has 196 valence electrons. The number of nitrogens with zero attached hydrogens (tertiary/aromatic N) is 2. The van der Waals surface area contributed by atoms with Gasteiger partial charge in [-0.2, -0.15) is 0 Å². The third-order valence-corrected chi connectivity index (χ3v) is 6.97. The molecule has 5 rings (SSSR count). The number of benzene rings is 3. The number of thiazole rings is 1. The zero-order valence-electron chi connectivity index (χ0n) is 20.7. The van der Waals surface area contributed by atoms with Gasteiger partial charge >= 0.3 is 0 Å². The average Bonchev–Trinajstić information content (AvgIpc) is 3.51. The SMILES string of the molecule is COc1ccc(OC)c(N2C(=O)C(Cl)=C(Nc3ccc(C(=O)Nc4nc(-c5ccccc5)cs4)cc3)C2=O)c1. The third kappa shape index (κ3) is 5.20. The van der Waals surface area contributed by atoms with Gasteiger partial charge in [-0.05, 0) is 36.4 Å². The van der Waals surface area contributed by atoms with Gasteiger partial charge in [0.25, 0.3) is 17.7 Å². The molecule has 1 aliphatic rings. The number of aromatic nitrogens is 1. The monoisotopic (exact) mass is 560 g/mol. The maximum Gasteiger partial charge on any atom is 0.283 e. The molecule has 9 nitrogen and oxygen atoms in total. The standard InChI is InChI=1S/C28H21ClN4O5S/c1-37-19-12-13-22(38-2)21(14-19)33-26(35)23(29)24(27(33)36)30-18-10-8-17(9-11-18)25(34)32-28-31-20(15-39-28)16-6-4-3-5-7-16/h3-15,30H,1-2H3,(H,31,32,34). The molecular weight excluding hydrogens is 540 g/mol. The fourth-order valence-electron chi connectivity index (χ4n) is 3.89. The summed E-state index contributed by atoms with van der Waals surface area (Å²) in [4.78, 5) is 44.3. The van der Waals surface area contributed by atoms with Crippen LogP contribution in [0.3, 0.4) is 0 Å². The first-order valence-electron chi connectivity index (χ1n) is 11.6. The van der Waals surface area contributed by atoms with Crippen LogP contribution in [0.2, 0.25) is 0 Å². The van der Waals surface area contributed by atoms with Crippen molar-refractivity contribution in [2.45, 2.75) is 0 Å². The van der Waals surface area contributed by atoms with Gasteiger partial charge in [0.15, 0.2) is 5.13 Å². The molecule has 4 aromatic rings. The second-order valence-electron chi connectivity index (χ2n) is 8.23. The van der Waals surface area contributed by atoms with Crippen LogP contribution in [0.5, 0.6) is 11.5 Å². The van der Waals surface area contributed by atoms with E-state index < -0.39 is 11.8 Å². The molecule has 11 heteroatoms. The molecule has 0 spiro atoms. The number of nitrogens with one attached hydrogen (secondary N) is 2. The number of anilines is 3. The Kier molecular flexibility index (Phi) is 7.31. The van der Waals surface area contributed by atoms with Gasteiger partial charge in [-0.25, -0.2) is 9.88 Å². The summed E-state index contributed by atoms with van der Waals surface area (Å²) in [5.41, 5.74) is 2.68. The minimum Gasteiger partial charge on any atom is -0.497 e. The number of rotatable bonds is 8. The van der Waals surface area contributed by atoms with Gasteiger partial charge in [0, 0.05) is 28.3 Å². The van der Waals surface area contributed by atoms with Crippen LogP contribution < -0.4 is 25.0 Å². The van der Waals surface area contributed by atoms with Crippen LogP contribution >= 0.6 is 22.9 Å². The highest BCUT2D eigenvalue weighted by Gasteiger charge is 2.40. The number of amides is 3. The van der Waals surface area contributed by atoms with E-state index in [0.29, 0.717) is 27.9 Å². The van der Waals surface area contributed by atoms with E-state index in [1.54, 1.807) is 36.4 Å². The van der Waals surface area contributed by atoms with E-state index in [2.05, 4.69) is 15.6 Å². The Balaban J connectivity index is 1.29. The first-order chi connectivity index (χ1) is 18.9. The van der Waals surface area contributed by atoms with Crippen molar-refractivity contribution in [2.24, 2.45) is 0 Å². The van der Waals surface area contributed by atoms with Gasteiger partial charge in [0.2, 0.25) is 0 Å². The molecule has 0 aliphatic carbocycles. The quantitative estimate of drug-likeness (QED) is 0.273. The van der Waals surface area contributed by atoms with Crippen molar-refractivity contribution in [2.75, 3.05) is 29.8 Å². The molecule has 0 bridgehead atoms. The maximum absolute atomic E-state index is 13.2. The Hall–Kier alpha value is -4.67. The van der Waals surface area contributed by atoms with Gasteiger partial charge in [0.05, 0.1) is 25.6 Å². The molecule has 3 aromatic carbocycles. The molecule has 3 amide bonds. The normalized spacial score (nSPS) is 13.1. The van der Waals surface area contributed by atoms with E-state index in [-0.39, 0.29) is 22.3 Å². The van der Waals surface area contributed by atoms with Crippen LogP contribution in [0.15, 0.2) is 88.9 Å². The number of hydrogen-bond donors (Lipinski definition) is 2. The highest BCUT2D eigenvalue weighted by atomic mass is 35.5. The lowest BCUT2D eigenvalue weighted by molar-refractivity contribution is -0.120. The lowest BCUT2D eigenvalue weighted by Crippen LogP contribution is -2.32. The smallest absolute Gasteiger partial charge is 0.283 e. The molecule has 0 saturated heterocycles. The van der Waals surface area contributed by atoms with Crippen molar-refractivity contribution in [3.63, 3.8) is 0 Å². The lowest BCUT2D eigenvalue weighted by Gasteiger charge is -2.19. The molecule has 0 unspecified atom stereocenters. The zero-order chi connectivity index (χ0) is 27.5. The van der Waals surface area contributed by atoms with Crippen molar-refractivity contribution < 1.29 is 23.9 Å². The topological polar surface area (TPSA) is 110 Å². The number of hydrogen-bond acceptors (Lipinski definition) is 8. The van der Waals surface area contributed by atoms with Crippen LogP contribution in [0, 0.1) is 0 Å². The number of ether oxygens (including phenoxy) is 2. The number of imide groups is 1. The summed E-state index contributed by atoms with van der Waals surface area (Å²) in [5.74, 6) is -0.959. The predicted molar refractivity (Wildman–Crippen MR) is 150 cm³/mol. The van der Waals surface area contributed by atoms with E-state index in [1.165, 1.54) is 31.6 Å². The minimum atomic E-state index is -0.704. The Bertz CT molecular complexity index is 1600. The summed E-state index contributed by atoms with van der Waals surface area (Å²) >= 11 is 7.60. The molecular formula is C28H21ClN4O5S. The lowest BCUT2D eigenvalue weighted by atomic mass is 10.2. The van der Waals surface area contributed by atoms with E-state index in [1.807, 2.05) is 35.7 Å². The zero-order valence-corrected chi connectivity index (χ0v) is 22.3.